The van der Waals surface area contributed by atoms with E-state index < -0.39 is 11.6 Å². The van der Waals surface area contributed by atoms with Crippen LogP contribution in [0, 0.1) is 11.6 Å². The third kappa shape index (κ3) is 3.75. The van der Waals surface area contributed by atoms with Crippen molar-refractivity contribution in [1.29, 1.82) is 0 Å². The molecule has 1 aliphatic rings. The molecule has 2 rings (SSSR count). The van der Waals surface area contributed by atoms with E-state index in [1.165, 1.54) is 12.1 Å². The number of hydrogen-bond acceptors (Lipinski definition) is 3. The summed E-state index contributed by atoms with van der Waals surface area (Å²) in [4.78, 5) is 1.99. The predicted molar refractivity (Wildman–Crippen MR) is 74.4 cm³/mol. The molecular weight excluding hydrogens is 262 g/mol. The van der Waals surface area contributed by atoms with Gasteiger partial charge in [0.05, 0.1) is 6.10 Å². The zero-order chi connectivity index (χ0) is 14.5. The van der Waals surface area contributed by atoms with E-state index in [-0.39, 0.29) is 18.7 Å². The van der Waals surface area contributed by atoms with Crippen molar-refractivity contribution in [2.24, 2.45) is 5.73 Å². The molecule has 2 unspecified atom stereocenters. The Bertz CT molecular complexity index is 436. The molecule has 0 radical (unpaired) electrons. The molecule has 2 N–H and O–H groups in total. The number of ether oxygens (including phenoxy) is 1. The summed E-state index contributed by atoms with van der Waals surface area (Å²) in [6.45, 7) is 1.78. The highest BCUT2D eigenvalue weighted by Crippen LogP contribution is 2.24. The van der Waals surface area contributed by atoms with Crippen molar-refractivity contribution in [3.63, 3.8) is 0 Å². The van der Waals surface area contributed by atoms with Gasteiger partial charge >= 0.3 is 0 Å². The van der Waals surface area contributed by atoms with Gasteiger partial charge in [-0.1, -0.05) is 6.07 Å². The second-order valence-corrected chi connectivity index (χ2v) is 5.35. The van der Waals surface area contributed by atoms with Crippen LogP contribution < -0.4 is 5.73 Å². The minimum Gasteiger partial charge on any atom is -0.377 e. The Balaban J connectivity index is 2.06. The lowest BCUT2D eigenvalue weighted by molar-refractivity contribution is -0.00800. The van der Waals surface area contributed by atoms with Crippen LogP contribution in [0.5, 0.6) is 0 Å². The van der Waals surface area contributed by atoms with Gasteiger partial charge in [-0.2, -0.15) is 0 Å². The Kier molecular flexibility index (Phi) is 5.46. The van der Waals surface area contributed by atoms with E-state index in [1.54, 1.807) is 0 Å². The summed E-state index contributed by atoms with van der Waals surface area (Å²) in [5.41, 5.74) is 6.21. The highest BCUT2D eigenvalue weighted by molar-refractivity contribution is 5.22. The third-order valence-corrected chi connectivity index (χ3v) is 3.84. The molecule has 1 saturated heterocycles. The zero-order valence-electron chi connectivity index (χ0n) is 11.8. The molecule has 1 aromatic rings. The fraction of sp³-hybridized carbons (Fsp3) is 0.600. The predicted octanol–water partition coefficient (Wildman–Crippen LogP) is 2.47. The summed E-state index contributed by atoms with van der Waals surface area (Å²) in [7, 11) is 1.90. The van der Waals surface area contributed by atoms with Crippen molar-refractivity contribution in [3.8, 4) is 0 Å². The summed E-state index contributed by atoms with van der Waals surface area (Å²) in [5, 5.41) is 0. The smallest absolute Gasteiger partial charge is 0.130 e. The Hall–Kier alpha value is -1.04. The standard InChI is InChI=1S/C15H22F2N2O/c1-19(10-12-4-2-3-7-20-12)15(9-18)13-6-5-11(16)8-14(13)17/h5-6,8,12,15H,2-4,7,9-10,18H2,1H3. The lowest BCUT2D eigenvalue weighted by Crippen LogP contribution is -2.38. The van der Waals surface area contributed by atoms with Crippen molar-refractivity contribution in [1.82, 2.24) is 4.90 Å². The van der Waals surface area contributed by atoms with Crippen molar-refractivity contribution in [3.05, 3.63) is 35.4 Å². The van der Waals surface area contributed by atoms with Crippen LogP contribution >= 0.6 is 0 Å². The summed E-state index contributed by atoms with van der Waals surface area (Å²) in [6.07, 6.45) is 3.46. The largest absolute Gasteiger partial charge is 0.377 e. The first-order valence-electron chi connectivity index (χ1n) is 7.08. The van der Waals surface area contributed by atoms with Crippen molar-refractivity contribution >= 4 is 0 Å². The van der Waals surface area contributed by atoms with Crippen LogP contribution in [0.4, 0.5) is 8.78 Å². The van der Waals surface area contributed by atoms with Crippen LogP contribution in [-0.4, -0.2) is 37.7 Å². The van der Waals surface area contributed by atoms with Crippen molar-refractivity contribution in [2.45, 2.75) is 31.4 Å². The first kappa shape index (κ1) is 15.4. The molecule has 112 valence electrons. The summed E-state index contributed by atoms with van der Waals surface area (Å²) >= 11 is 0. The van der Waals surface area contributed by atoms with Crippen LogP contribution in [0.2, 0.25) is 0 Å². The van der Waals surface area contributed by atoms with Crippen molar-refractivity contribution in [2.75, 3.05) is 26.7 Å². The molecule has 0 spiro atoms. The quantitative estimate of drug-likeness (QED) is 0.902. The summed E-state index contributed by atoms with van der Waals surface area (Å²) in [6, 6.07) is 3.39. The van der Waals surface area contributed by atoms with E-state index in [9.17, 15) is 8.78 Å². The van der Waals surface area contributed by atoms with E-state index in [0.717, 1.165) is 31.9 Å². The highest BCUT2D eigenvalue weighted by Gasteiger charge is 2.23. The van der Waals surface area contributed by atoms with E-state index in [4.69, 9.17) is 10.5 Å². The van der Waals surface area contributed by atoms with Crippen molar-refractivity contribution < 1.29 is 13.5 Å². The molecule has 0 bridgehead atoms. The maximum Gasteiger partial charge on any atom is 0.130 e. The Morgan fingerprint density at radius 3 is 2.80 bits per heavy atom. The summed E-state index contributed by atoms with van der Waals surface area (Å²) < 4.78 is 32.5. The van der Waals surface area contributed by atoms with E-state index in [2.05, 4.69) is 0 Å². The lowest BCUT2D eigenvalue weighted by atomic mass is 10.0. The average Bonchev–Trinajstić information content (AvgIpc) is 2.43. The minimum absolute atomic E-state index is 0.173. The van der Waals surface area contributed by atoms with Crippen LogP contribution in [0.1, 0.15) is 30.9 Å². The molecule has 1 aromatic carbocycles. The van der Waals surface area contributed by atoms with Crippen LogP contribution in [0.3, 0.4) is 0 Å². The number of hydrogen-bond donors (Lipinski definition) is 1. The van der Waals surface area contributed by atoms with Gasteiger partial charge in [-0.3, -0.25) is 4.90 Å². The molecule has 0 aliphatic carbocycles. The van der Waals surface area contributed by atoms with Gasteiger partial charge in [0, 0.05) is 37.4 Å². The minimum atomic E-state index is -0.569. The first-order chi connectivity index (χ1) is 9.61. The molecule has 1 fully saturated rings. The highest BCUT2D eigenvalue weighted by atomic mass is 19.1. The van der Waals surface area contributed by atoms with Crippen LogP contribution in [0.25, 0.3) is 0 Å². The number of likely N-dealkylation sites (N-methyl/N-ethyl adjacent to an activating group) is 1. The lowest BCUT2D eigenvalue weighted by Gasteiger charge is -2.32. The molecule has 1 heterocycles. The van der Waals surface area contributed by atoms with Gasteiger partial charge in [0.25, 0.3) is 0 Å². The first-order valence-corrected chi connectivity index (χ1v) is 7.08. The van der Waals surface area contributed by atoms with Gasteiger partial charge in [0.1, 0.15) is 11.6 Å². The molecule has 2 atom stereocenters. The number of benzene rings is 1. The second kappa shape index (κ2) is 7.11. The number of rotatable bonds is 5. The van der Waals surface area contributed by atoms with Crippen LogP contribution in [0.15, 0.2) is 18.2 Å². The summed E-state index contributed by atoms with van der Waals surface area (Å²) in [5.74, 6) is -1.11. The number of nitrogens with two attached hydrogens (primary N) is 1. The Labute approximate surface area is 118 Å². The SMILES string of the molecule is CN(CC1CCCCO1)C(CN)c1ccc(F)cc1F. The molecule has 0 amide bonds. The molecule has 5 heteroatoms. The molecule has 1 aliphatic heterocycles. The Morgan fingerprint density at radius 2 is 2.20 bits per heavy atom. The molecule has 3 nitrogen and oxygen atoms in total. The van der Waals surface area contributed by atoms with E-state index in [0.29, 0.717) is 12.1 Å². The van der Waals surface area contributed by atoms with Crippen LogP contribution in [-0.2, 0) is 4.74 Å². The zero-order valence-corrected chi connectivity index (χ0v) is 11.8. The molecule has 0 aromatic heterocycles. The van der Waals surface area contributed by atoms with E-state index >= 15 is 0 Å². The van der Waals surface area contributed by atoms with Gasteiger partial charge < -0.3 is 10.5 Å². The normalized spacial score (nSPS) is 21.1. The molecule has 20 heavy (non-hydrogen) atoms. The van der Waals surface area contributed by atoms with Gasteiger partial charge in [-0.15, -0.1) is 0 Å². The van der Waals surface area contributed by atoms with Gasteiger partial charge in [-0.25, -0.2) is 8.78 Å². The Morgan fingerprint density at radius 1 is 1.40 bits per heavy atom. The van der Waals surface area contributed by atoms with E-state index in [1.807, 2.05) is 11.9 Å². The molecular formula is C15H22F2N2O. The fourth-order valence-electron chi connectivity index (χ4n) is 2.72. The number of halogens is 2. The maximum absolute atomic E-state index is 13.9. The second-order valence-electron chi connectivity index (χ2n) is 5.35. The van der Waals surface area contributed by atoms with Gasteiger partial charge in [0.2, 0.25) is 0 Å². The third-order valence-electron chi connectivity index (χ3n) is 3.84. The average molecular weight is 284 g/mol. The maximum atomic E-state index is 13.9. The van der Waals surface area contributed by atoms with Gasteiger partial charge in [-0.05, 0) is 32.4 Å². The monoisotopic (exact) mass is 284 g/mol. The fourth-order valence-corrected chi connectivity index (χ4v) is 2.72. The topological polar surface area (TPSA) is 38.5 Å². The number of nitrogens with zero attached hydrogens (tertiary/aromatic N) is 1. The van der Waals surface area contributed by atoms with Gasteiger partial charge in [0.15, 0.2) is 0 Å². The molecule has 0 saturated carbocycles.